The van der Waals surface area contributed by atoms with E-state index in [2.05, 4.69) is 20.3 Å². The molecule has 2 aliphatic heterocycles. The lowest BCUT2D eigenvalue weighted by Gasteiger charge is -2.45. The topological polar surface area (TPSA) is 119 Å². The summed E-state index contributed by atoms with van der Waals surface area (Å²) in [5.74, 6) is -0.400. The largest absolute Gasteiger partial charge is 0.442 e. The van der Waals surface area contributed by atoms with Crippen LogP contribution in [0.1, 0.15) is 65.7 Å². The number of pyridine rings is 1. The number of aromatic nitrogens is 3. The minimum Gasteiger partial charge on any atom is -0.442 e. The van der Waals surface area contributed by atoms with Gasteiger partial charge in [-0.3, -0.25) is 14.5 Å². The second kappa shape index (κ2) is 11.0. The van der Waals surface area contributed by atoms with Crippen molar-refractivity contribution < 1.29 is 28.2 Å². The zero-order valence-electron chi connectivity index (χ0n) is 23.7. The number of alkyl halides is 1. The van der Waals surface area contributed by atoms with Gasteiger partial charge in [-0.1, -0.05) is 12.8 Å². The molecule has 2 aromatic rings. The van der Waals surface area contributed by atoms with E-state index in [0.29, 0.717) is 23.9 Å². The molecule has 11 nitrogen and oxygen atoms in total. The number of hydrogen-bond donors (Lipinski definition) is 1. The highest BCUT2D eigenvalue weighted by atomic mass is 19.1. The van der Waals surface area contributed by atoms with Crippen molar-refractivity contribution in [3.63, 3.8) is 0 Å². The van der Waals surface area contributed by atoms with Crippen LogP contribution in [-0.2, 0) is 19.1 Å². The number of nitrogens with zero attached hydrogens (tertiary/aromatic N) is 5. The Labute approximate surface area is 233 Å². The second-order valence-electron chi connectivity index (χ2n) is 12.1. The Hall–Kier alpha value is -3.12. The Balaban J connectivity index is 1.31. The molecule has 0 spiro atoms. The van der Waals surface area contributed by atoms with Crippen LogP contribution in [0.25, 0.3) is 11.0 Å². The first-order valence-electron chi connectivity index (χ1n) is 14.1. The van der Waals surface area contributed by atoms with Crippen molar-refractivity contribution in [1.82, 2.24) is 24.6 Å². The molecule has 12 heteroatoms. The van der Waals surface area contributed by atoms with E-state index in [1.165, 1.54) is 11.1 Å². The summed E-state index contributed by atoms with van der Waals surface area (Å²) < 4.78 is 26.8. The number of anilines is 1. The molecule has 218 valence electrons. The van der Waals surface area contributed by atoms with Gasteiger partial charge in [0.25, 0.3) is 0 Å². The second-order valence-corrected chi connectivity index (χ2v) is 12.1. The number of halogens is 1. The standard InChI is InChI=1S/C28H39FN6O5/c1-27(2,3)40-26(38)35-21-7-8-23(31-20(21)16-30-35)32-24(36)22-15-18(29)17-34(22)25(37)28(11-5-6-12-28)33-13-9-19(39-4)10-14-33/h7-8,16,18-19,22H,5-6,9-15,17H2,1-4H3,(H,31,32,36)/t18-,22-/m1/s1. The van der Waals surface area contributed by atoms with Crippen molar-refractivity contribution in [2.75, 3.05) is 32.1 Å². The van der Waals surface area contributed by atoms with Gasteiger partial charge in [0.15, 0.2) is 0 Å². The lowest BCUT2D eigenvalue weighted by molar-refractivity contribution is -0.150. The number of amides is 2. The summed E-state index contributed by atoms with van der Waals surface area (Å²) in [4.78, 5) is 48.1. The molecule has 0 bridgehead atoms. The fraction of sp³-hybridized carbons (Fsp3) is 0.679. The molecule has 3 fully saturated rings. The predicted molar refractivity (Wildman–Crippen MR) is 146 cm³/mol. The van der Waals surface area contributed by atoms with E-state index in [0.717, 1.165) is 43.5 Å². The van der Waals surface area contributed by atoms with Gasteiger partial charge < -0.3 is 19.7 Å². The summed E-state index contributed by atoms with van der Waals surface area (Å²) in [6, 6.07) is 2.23. The molecule has 2 amide bonds. The van der Waals surface area contributed by atoms with E-state index in [9.17, 15) is 18.8 Å². The molecule has 2 saturated heterocycles. The Bertz CT molecular complexity index is 1260. The molecule has 0 unspecified atom stereocenters. The van der Waals surface area contributed by atoms with E-state index < -0.39 is 35.4 Å². The van der Waals surface area contributed by atoms with Crippen LogP contribution in [0.3, 0.4) is 0 Å². The molecule has 0 aromatic carbocycles. The Morgan fingerprint density at radius 2 is 1.82 bits per heavy atom. The maximum Gasteiger partial charge on any atom is 0.435 e. The predicted octanol–water partition coefficient (Wildman–Crippen LogP) is 3.52. The lowest BCUT2D eigenvalue weighted by atomic mass is 9.89. The molecule has 1 N–H and O–H groups in total. The summed E-state index contributed by atoms with van der Waals surface area (Å²) in [5.41, 5.74) is -0.577. The number of rotatable bonds is 5. The summed E-state index contributed by atoms with van der Waals surface area (Å²) in [6.07, 6.45) is 4.61. The van der Waals surface area contributed by atoms with Gasteiger partial charge in [-0.25, -0.2) is 14.2 Å². The van der Waals surface area contributed by atoms with Crippen LogP contribution < -0.4 is 5.32 Å². The highest BCUT2D eigenvalue weighted by Crippen LogP contribution is 2.40. The van der Waals surface area contributed by atoms with E-state index in [-0.39, 0.29) is 30.8 Å². The summed E-state index contributed by atoms with van der Waals surface area (Å²) >= 11 is 0. The first kappa shape index (κ1) is 28.4. The quantitative estimate of drug-likeness (QED) is 0.592. The normalized spacial score (nSPS) is 24.0. The SMILES string of the molecule is COC1CCN(C2(C(=O)N3C[C@H](F)C[C@@H]3C(=O)Nc3ccc4c(cnn4C(=O)OC(C)(C)C)n3)CCCC2)CC1. The smallest absolute Gasteiger partial charge is 0.435 e. The minimum absolute atomic E-state index is 0.0573. The first-order valence-corrected chi connectivity index (χ1v) is 14.1. The zero-order valence-corrected chi connectivity index (χ0v) is 23.7. The number of ether oxygens (including phenoxy) is 2. The van der Waals surface area contributed by atoms with Gasteiger partial charge in [-0.05, 0) is 58.6 Å². The lowest BCUT2D eigenvalue weighted by Crippen LogP contribution is -2.62. The number of piperidine rings is 1. The van der Waals surface area contributed by atoms with Gasteiger partial charge >= 0.3 is 6.09 Å². The molecule has 3 aliphatic rings. The molecule has 1 saturated carbocycles. The highest BCUT2D eigenvalue weighted by Gasteiger charge is 2.52. The van der Waals surface area contributed by atoms with Crippen molar-refractivity contribution in [3.05, 3.63) is 18.3 Å². The van der Waals surface area contributed by atoms with Gasteiger partial charge in [0.2, 0.25) is 11.8 Å². The van der Waals surface area contributed by atoms with Crippen LogP contribution >= 0.6 is 0 Å². The van der Waals surface area contributed by atoms with Crippen LogP contribution in [-0.4, -0.2) is 98.7 Å². The monoisotopic (exact) mass is 558 g/mol. The molecule has 2 aromatic heterocycles. The van der Waals surface area contributed by atoms with E-state index >= 15 is 0 Å². The van der Waals surface area contributed by atoms with E-state index in [1.54, 1.807) is 40.0 Å². The number of methoxy groups -OCH3 is 1. The zero-order chi connectivity index (χ0) is 28.7. The minimum atomic E-state index is -1.28. The number of hydrogen-bond acceptors (Lipinski definition) is 8. The summed E-state index contributed by atoms with van der Waals surface area (Å²) in [7, 11) is 1.71. The molecule has 5 rings (SSSR count). The Kier molecular flexibility index (Phi) is 7.84. The maximum atomic E-state index is 14.8. The third kappa shape index (κ3) is 5.56. The van der Waals surface area contributed by atoms with Gasteiger partial charge in [0.1, 0.15) is 34.7 Å². The number of fused-ring (bicyclic) bond motifs is 1. The fourth-order valence-corrected chi connectivity index (χ4v) is 6.32. The average Bonchev–Trinajstić information content (AvgIpc) is 3.66. The van der Waals surface area contributed by atoms with Crippen molar-refractivity contribution in [1.29, 1.82) is 0 Å². The molecular formula is C28H39FN6O5. The molecule has 1 aliphatic carbocycles. The van der Waals surface area contributed by atoms with E-state index in [1.807, 2.05) is 0 Å². The van der Waals surface area contributed by atoms with Crippen LogP contribution in [0.15, 0.2) is 18.3 Å². The van der Waals surface area contributed by atoms with Gasteiger partial charge in [-0.2, -0.15) is 9.78 Å². The molecular weight excluding hydrogens is 519 g/mol. The molecule has 2 atom stereocenters. The first-order chi connectivity index (χ1) is 19.0. The number of nitrogens with one attached hydrogen (secondary N) is 1. The maximum absolute atomic E-state index is 14.8. The third-order valence-corrected chi connectivity index (χ3v) is 8.27. The van der Waals surface area contributed by atoms with Gasteiger partial charge in [0.05, 0.1) is 24.4 Å². The van der Waals surface area contributed by atoms with Crippen molar-refractivity contribution in [2.45, 2.75) is 95.2 Å². The number of likely N-dealkylation sites (tertiary alicyclic amines) is 2. The van der Waals surface area contributed by atoms with E-state index in [4.69, 9.17) is 9.47 Å². The van der Waals surface area contributed by atoms with Gasteiger partial charge in [-0.15, -0.1) is 0 Å². The van der Waals surface area contributed by atoms with Crippen LogP contribution in [0.2, 0.25) is 0 Å². The Morgan fingerprint density at radius 3 is 2.48 bits per heavy atom. The molecule has 40 heavy (non-hydrogen) atoms. The van der Waals surface area contributed by atoms with Crippen LogP contribution in [0.5, 0.6) is 0 Å². The summed E-state index contributed by atoms with van der Waals surface area (Å²) in [6.45, 7) is 6.68. The fourth-order valence-electron chi connectivity index (χ4n) is 6.32. The van der Waals surface area contributed by atoms with Crippen LogP contribution in [0.4, 0.5) is 15.0 Å². The number of carbonyl (C=O) groups excluding carboxylic acids is 3. The Morgan fingerprint density at radius 1 is 1.12 bits per heavy atom. The molecule has 4 heterocycles. The third-order valence-electron chi connectivity index (χ3n) is 8.27. The van der Waals surface area contributed by atoms with Crippen LogP contribution in [0, 0.1) is 0 Å². The average molecular weight is 559 g/mol. The van der Waals surface area contributed by atoms with Crippen molar-refractivity contribution >= 4 is 34.8 Å². The van der Waals surface area contributed by atoms with Crippen molar-refractivity contribution in [3.8, 4) is 0 Å². The van der Waals surface area contributed by atoms with Crippen molar-refractivity contribution in [2.24, 2.45) is 0 Å². The number of carbonyl (C=O) groups is 3. The van der Waals surface area contributed by atoms with Gasteiger partial charge in [0, 0.05) is 26.6 Å². The summed E-state index contributed by atoms with van der Waals surface area (Å²) in [5, 5.41) is 6.84. The molecule has 0 radical (unpaired) electrons. The highest BCUT2D eigenvalue weighted by molar-refractivity contribution is 5.99.